The summed E-state index contributed by atoms with van der Waals surface area (Å²) >= 11 is 0. The number of hydrogen-bond acceptors (Lipinski definition) is 0. The van der Waals surface area contributed by atoms with Crippen LogP contribution in [0.25, 0.3) is 87.6 Å². The van der Waals surface area contributed by atoms with Crippen molar-refractivity contribution in [1.82, 2.24) is 0 Å². The maximum Gasteiger partial charge on any atom is 0.106 e. The molecule has 1 spiro atoms. The van der Waals surface area contributed by atoms with Gasteiger partial charge in [0.2, 0.25) is 0 Å². The first-order valence-corrected chi connectivity index (χ1v) is 20.3. The zero-order valence-electron chi connectivity index (χ0n) is 31.8. The van der Waals surface area contributed by atoms with E-state index in [9.17, 15) is 0 Å². The molecule has 1 nitrogen and oxygen atoms in total. The summed E-state index contributed by atoms with van der Waals surface area (Å²) in [4.78, 5) is 0. The van der Waals surface area contributed by atoms with E-state index in [0.29, 0.717) is 0 Å². The summed E-state index contributed by atoms with van der Waals surface area (Å²) in [6, 6.07) is 73.3. The Morgan fingerprint density at radius 2 is 0.667 bits per heavy atom. The van der Waals surface area contributed by atoms with E-state index >= 15 is 0 Å². The maximum absolute atomic E-state index is 2.45. The summed E-state index contributed by atoms with van der Waals surface area (Å²) in [6.45, 7) is 3.70. The molecular weight excluding hydrogens is 687 g/mol. The first-order chi connectivity index (χ1) is 28.2. The number of hydrogen-bond donors (Lipinski definition) is 0. The standard InChI is InChI=1S/C56H40N/c1-3-15-41-31-43(27-23-37(41)11-1)47-19-9-21-51-52-22-10-20-48(44-28-24-38-12-2-4-16-42(38)32-44)54(52)36-57(35-53(47)51)33-45-29-25-39-13-5-7-17-49(39)55(45)56-46(34-57)30-26-40-14-6-8-18-50(40)56/h1-32H,33-36H2/q+1. The molecule has 57 heavy (non-hydrogen) atoms. The molecule has 2 aliphatic rings. The van der Waals surface area contributed by atoms with Crippen molar-refractivity contribution in [2.24, 2.45) is 0 Å². The van der Waals surface area contributed by atoms with E-state index in [0.717, 1.165) is 30.7 Å². The molecular formula is C56H40N+. The van der Waals surface area contributed by atoms with Crippen LogP contribution < -0.4 is 0 Å². The second-order valence-electron chi connectivity index (χ2n) is 16.4. The van der Waals surface area contributed by atoms with E-state index in [2.05, 4.69) is 194 Å². The van der Waals surface area contributed by atoms with Gasteiger partial charge in [0.15, 0.2) is 0 Å². The van der Waals surface area contributed by atoms with Crippen molar-refractivity contribution in [3.05, 3.63) is 216 Å². The molecule has 0 atom stereocenters. The molecule has 268 valence electrons. The Morgan fingerprint density at radius 1 is 0.281 bits per heavy atom. The summed E-state index contributed by atoms with van der Waals surface area (Å²) in [7, 11) is 0. The molecule has 0 amide bonds. The van der Waals surface area contributed by atoms with Crippen molar-refractivity contribution in [3.8, 4) is 44.5 Å². The normalized spacial score (nSPS) is 14.2. The summed E-state index contributed by atoms with van der Waals surface area (Å²) in [5.74, 6) is 0. The van der Waals surface area contributed by atoms with Crippen LogP contribution in [0, 0.1) is 0 Å². The largest absolute Gasteiger partial charge is 0.309 e. The fourth-order valence-corrected chi connectivity index (χ4v) is 10.5. The Morgan fingerprint density at radius 3 is 1.14 bits per heavy atom. The first-order valence-electron chi connectivity index (χ1n) is 20.3. The molecule has 0 unspecified atom stereocenters. The monoisotopic (exact) mass is 726 g/mol. The van der Waals surface area contributed by atoms with E-state index in [1.54, 1.807) is 0 Å². The summed E-state index contributed by atoms with van der Waals surface area (Å²) in [6.07, 6.45) is 0. The smallest absolute Gasteiger partial charge is 0.106 e. The minimum atomic E-state index is 0.895. The van der Waals surface area contributed by atoms with E-state index in [1.165, 1.54) is 110 Å². The van der Waals surface area contributed by atoms with Crippen LogP contribution in [0.4, 0.5) is 0 Å². The van der Waals surface area contributed by atoms with Crippen molar-refractivity contribution in [2.45, 2.75) is 26.2 Å². The fraction of sp³-hybridized carbons (Fsp3) is 0.0714. The third-order valence-electron chi connectivity index (χ3n) is 13.0. The summed E-state index contributed by atoms with van der Waals surface area (Å²) < 4.78 is 0.895. The Hall–Kier alpha value is -6.80. The second kappa shape index (κ2) is 12.6. The molecule has 0 saturated heterocycles. The van der Waals surface area contributed by atoms with Gasteiger partial charge in [-0.3, -0.25) is 0 Å². The van der Waals surface area contributed by atoms with E-state index < -0.39 is 0 Å². The van der Waals surface area contributed by atoms with Crippen LogP contribution in [-0.4, -0.2) is 4.48 Å². The Bertz CT molecular complexity index is 3040. The van der Waals surface area contributed by atoms with Crippen LogP contribution in [0.2, 0.25) is 0 Å². The Kier molecular flexibility index (Phi) is 7.18. The van der Waals surface area contributed by atoms with Gasteiger partial charge in [-0.05, 0) is 99.7 Å². The summed E-state index contributed by atoms with van der Waals surface area (Å²) in [5, 5.41) is 10.4. The minimum Gasteiger partial charge on any atom is -0.309 e. The number of benzene rings is 10. The highest BCUT2D eigenvalue weighted by Crippen LogP contribution is 2.50. The van der Waals surface area contributed by atoms with Gasteiger partial charge < -0.3 is 4.48 Å². The number of quaternary nitrogens is 1. The fourth-order valence-electron chi connectivity index (χ4n) is 10.5. The summed E-state index contributed by atoms with van der Waals surface area (Å²) in [5.41, 5.74) is 16.5. The zero-order valence-corrected chi connectivity index (χ0v) is 31.8. The van der Waals surface area contributed by atoms with Crippen LogP contribution in [0.5, 0.6) is 0 Å². The van der Waals surface area contributed by atoms with Gasteiger partial charge in [-0.1, -0.05) is 182 Å². The molecule has 0 fully saturated rings. The van der Waals surface area contributed by atoms with Gasteiger partial charge in [0.1, 0.15) is 26.2 Å². The average molecular weight is 727 g/mol. The Balaban J connectivity index is 1.15. The highest BCUT2D eigenvalue weighted by Gasteiger charge is 2.40. The molecule has 0 radical (unpaired) electrons. The predicted octanol–water partition coefficient (Wildman–Crippen LogP) is 14.5. The van der Waals surface area contributed by atoms with Gasteiger partial charge in [-0.15, -0.1) is 0 Å². The van der Waals surface area contributed by atoms with Gasteiger partial charge >= 0.3 is 0 Å². The third-order valence-corrected chi connectivity index (χ3v) is 13.0. The molecule has 0 saturated carbocycles. The van der Waals surface area contributed by atoms with Gasteiger partial charge in [-0.2, -0.15) is 0 Å². The third kappa shape index (κ3) is 5.20. The molecule has 10 aromatic carbocycles. The zero-order chi connectivity index (χ0) is 37.5. The van der Waals surface area contributed by atoms with Crippen molar-refractivity contribution >= 4 is 43.1 Å². The van der Waals surface area contributed by atoms with Crippen LogP contribution in [0.15, 0.2) is 194 Å². The minimum absolute atomic E-state index is 0.895. The van der Waals surface area contributed by atoms with Gasteiger partial charge in [-0.25, -0.2) is 0 Å². The number of rotatable bonds is 2. The van der Waals surface area contributed by atoms with Crippen LogP contribution in [-0.2, 0) is 26.2 Å². The lowest BCUT2D eigenvalue weighted by Gasteiger charge is -2.38. The lowest BCUT2D eigenvalue weighted by atomic mass is 9.87. The van der Waals surface area contributed by atoms with Crippen molar-refractivity contribution < 1.29 is 4.48 Å². The molecule has 10 aromatic rings. The number of nitrogens with zero attached hydrogens (tertiary/aromatic N) is 1. The average Bonchev–Trinajstić information content (AvgIpc) is 3.50. The molecule has 0 bridgehead atoms. The topological polar surface area (TPSA) is 0 Å². The van der Waals surface area contributed by atoms with Gasteiger partial charge in [0, 0.05) is 22.3 Å². The maximum atomic E-state index is 2.45. The number of fused-ring (bicyclic) bond motifs is 12. The van der Waals surface area contributed by atoms with Crippen LogP contribution in [0.1, 0.15) is 22.3 Å². The molecule has 0 N–H and O–H groups in total. The van der Waals surface area contributed by atoms with Crippen LogP contribution in [0.3, 0.4) is 0 Å². The first kappa shape index (κ1) is 32.4. The molecule has 2 aliphatic heterocycles. The van der Waals surface area contributed by atoms with Gasteiger partial charge in [0.05, 0.1) is 0 Å². The molecule has 12 rings (SSSR count). The molecule has 0 aromatic heterocycles. The quantitative estimate of drug-likeness (QED) is 0.156. The Labute approximate surface area is 333 Å². The highest BCUT2D eigenvalue weighted by molar-refractivity contribution is 6.08. The SMILES string of the molecule is c1cc(-c2ccc3ccccc3c2)c2c(c1)-c1cccc(-c3ccc4ccccc4c3)c1C[N+]1(Cc3ccc4ccccc4c3-c3c(ccc4ccccc34)C1)C2. The molecule has 1 heteroatoms. The lowest BCUT2D eigenvalue weighted by molar-refractivity contribution is -0.977. The van der Waals surface area contributed by atoms with Crippen molar-refractivity contribution in [1.29, 1.82) is 0 Å². The van der Waals surface area contributed by atoms with Crippen molar-refractivity contribution in [3.63, 3.8) is 0 Å². The van der Waals surface area contributed by atoms with Gasteiger partial charge in [0.25, 0.3) is 0 Å². The van der Waals surface area contributed by atoms with Crippen molar-refractivity contribution in [2.75, 3.05) is 0 Å². The second-order valence-corrected chi connectivity index (χ2v) is 16.4. The predicted molar refractivity (Wildman–Crippen MR) is 240 cm³/mol. The molecule has 0 aliphatic carbocycles. The highest BCUT2D eigenvalue weighted by atomic mass is 15.4. The van der Waals surface area contributed by atoms with E-state index in [4.69, 9.17) is 0 Å². The molecule has 2 heterocycles. The van der Waals surface area contributed by atoms with Crippen LogP contribution >= 0.6 is 0 Å². The van der Waals surface area contributed by atoms with E-state index in [-0.39, 0.29) is 0 Å². The van der Waals surface area contributed by atoms with E-state index in [1.807, 2.05) is 0 Å². The lowest BCUT2D eigenvalue weighted by Crippen LogP contribution is -2.44.